The number of hydrogen-bond acceptors (Lipinski definition) is 3. The van der Waals surface area contributed by atoms with E-state index in [1.807, 2.05) is 12.1 Å². The average molecular weight is 228 g/mol. The lowest BCUT2D eigenvalue weighted by Gasteiger charge is -2.20. The quantitative estimate of drug-likeness (QED) is 0.586. The first-order chi connectivity index (χ1) is 8.02. The predicted octanol–water partition coefficient (Wildman–Crippen LogP) is 2.58. The molecule has 2 aromatic rings. The van der Waals surface area contributed by atoms with E-state index in [0.717, 1.165) is 5.39 Å². The number of terminal acetylenes is 1. The van der Waals surface area contributed by atoms with Crippen molar-refractivity contribution in [1.82, 2.24) is 0 Å². The molecular formula is C14H12O3. The Morgan fingerprint density at radius 2 is 2.06 bits per heavy atom. The summed E-state index contributed by atoms with van der Waals surface area (Å²) in [6.07, 6.45) is 5.36. The van der Waals surface area contributed by atoms with Crippen LogP contribution in [0, 0.1) is 12.3 Å². The molecule has 0 atom stereocenters. The summed E-state index contributed by atoms with van der Waals surface area (Å²) < 4.78 is 10.7. The third kappa shape index (κ3) is 2.31. The van der Waals surface area contributed by atoms with Crippen LogP contribution in [0.15, 0.2) is 39.5 Å². The van der Waals surface area contributed by atoms with Gasteiger partial charge >= 0.3 is 5.63 Å². The van der Waals surface area contributed by atoms with Crippen LogP contribution in [-0.2, 0) is 0 Å². The molecule has 17 heavy (non-hydrogen) atoms. The van der Waals surface area contributed by atoms with Gasteiger partial charge in [-0.15, -0.1) is 6.42 Å². The average Bonchev–Trinajstić information content (AvgIpc) is 2.28. The van der Waals surface area contributed by atoms with Gasteiger partial charge in [-0.1, -0.05) is 18.1 Å². The predicted molar refractivity (Wildman–Crippen MR) is 66.0 cm³/mol. The Morgan fingerprint density at radius 3 is 2.76 bits per heavy atom. The molecule has 0 saturated heterocycles. The van der Waals surface area contributed by atoms with Gasteiger partial charge in [0.25, 0.3) is 0 Å². The summed E-state index contributed by atoms with van der Waals surface area (Å²) in [7, 11) is 0. The first kappa shape index (κ1) is 11.3. The first-order valence-electron chi connectivity index (χ1n) is 5.21. The highest BCUT2D eigenvalue weighted by Gasteiger charge is 2.18. The molecule has 0 N–H and O–H groups in total. The van der Waals surface area contributed by atoms with E-state index in [2.05, 4.69) is 5.92 Å². The SMILES string of the molecule is C#CC(C)(C)Oc1cc(=O)oc2ccccc12. The van der Waals surface area contributed by atoms with Crippen LogP contribution in [0.25, 0.3) is 11.0 Å². The van der Waals surface area contributed by atoms with E-state index < -0.39 is 11.2 Å². The van der Waals surface area contributed by atoms with Crippen LogP contribution < -0.4 is 10.4 Å². The summed E-state index contributed by atoms with van der Waals surface area (Å²) in [5, 5.41) is 0.732. The second-order valence-corrected chi connectivity index (χ2v) is 4.18. The highest BCUT2D eigenvalue weighted by molar-refractivity contribution is 5.82. The maximum atomic E-state index is 11.4. The number of rotatable bonds is 2. The number of hydrogen-bond donors (Lipinski definition) is 0. The van der Waals surface area contributed by atoms with Crippen LogP contribution in [0.5, 0.6) is 5.75 Å². The van der Waals surface area contributed by atoms with Crippen molar-refractivity contribution in [2.24, 2.45) is 0 Å². The van der Waals surface area contributed by atoms with E-state index in [1.54, 1.807) is 26.0 Å². The van der Waals surface area contributed by atoms with E-state index in [4.69, 9.17) is 15.6 Å². The third-order valence-electron chi connectivity index (χ3n) is 2.32. The second-order valence-electron chi connectivity index (χ2n) is 4.18. The molecule has 0 radical (unpaired) electrons. The minimum atomic E-state index is -0.767. The molecule has 86 valence electrons. The van der Waals surface area contributed by atoms with Gasteiger partial charge in [-0.3, -0.25) is 0 Å². The standard InChI is InChI=1S/C14H12O3/c1-4-14(2,3)17-12-9-13(15)16-11-8-6-5-7-10(11)12/h1,5-9H,2-3H3. The molecule has 0 aliphatic carbocycles. The Bertz CT molecular complexity index is 644. The summed E-state index contributed by atoms with van der Waals surface area (Å²) in [5.74, 6) is 2.96. The van der Waals surface area contributed by atoms with Crippen molar-refractivity contribution in [1.29, 1.82) is 0 Å². The van der Waals surface area contributed by atoms with Crippen LogP contribution in [0.2, 0.25) is 0 Å². The zero-order chi connectivity index (χ0) is 12.5. The number of para-hydroxylation sites is 1. The zero-order valence-corrected chi connectivity index (χ0v) is 9.69. The Hall–Kier alpha value is -2.21. The Balaban J connectivity index is 2.62. The molecule has 2 rings (SSSR count). The van der Waals surface area contributed by atoms with E-state index >= 15 is 0 Å². The van der Waals surface area contributed by atoms with Gasteiger partial charge in [0, 0.05) is 0 Å². The second kappa shape index (κ2) is 3.99. The summed E-state index contributed by atoms with van der Waals surface area (Å²) >= 11 is 0. The lowest BCUT2D eigenvalue weighted by atomic mass is 10.1. The van der Waals surface area contributed by atoms with E-state index in [0.29, 0.717) is 11.3 Å². The zero-order valence-electron chi connectivity index (χ0n) is 9.69. The fourth-order valence-electron chi connectivity index (χ4n) is 1.47. The minimum Gasteiger partial charge on any atom is -0.474 e. The molecule has 3 nitrogen and oxygen atoms in total. The van der Waals surface area contributed by atoms with Gasteiger partial charge in [0.15, 0.2) is 5.60 Å². The fraction of sp³-hybridized carbons (Fsp3) is 0.214. The van der Waals surface area contributed by atoms with Crippen LogP contribution in [0.1, 0.15) is 13.8 Å². The number of benzene rings is 1. The fourth-order valence-corrected chi connectivity index (χ4v) is 1.47. The lowest BCUT2D eigenvalue weighted by Crippen LogP contribution is -2.26. The maximum absolute atomic E-state index is 11.4. The van der Waals surface area contributed by atoms with Gasteiger partial charge in [0.2, 0.25) is 0 Å². The highest BCUT2D eigenvalue weighted by atomic mass is 16.5. The van der Waals surface area contributed by atoms with E-state index in [-0.39, 0.29) is 0 Å². The van der Waals surface area contributed by atoms with Gasteiger partial charge in [-0.2, -0.15) is 0 Å². The monoisotopic (exact) mass is 228 g/mol. The van der Waals surface area contributed by atoms with E-state index in [1.165, 1.54) is 6.07 Å². The molecule has 1 heterocycles. The first-order valence-corrected chi connectivity index (χ1v) is 5.21. The molecule has 1 aromatic carbocycles. The van der Waals surface area contributed by atoms with Crippen LogP contribution in [-0.4, -0.2) is 5.60 Å². The highest BCUT2D eigenvalue weighted by Crippen LogP contribution is 2.26. The van der Waals surface area contributed by atoms with Crippen LogP contribution in [0.4, 0.5) is 0 Å². The lowest BCUT2D eigenvalue weighted by molar-refractivity contribution is 0.174. The van der Waals surface area contributed by atoms with Crippen molar-refractivity contribution >= 4 is 11.0 Å². The van der Waals surface area contributed by atoms with Crippen molar-refractivity contribution in [3.63, 3.8) is 0 Å². The summed E-state index contributed by atoms with van der Waals surface area (Å²) in [6, 6.07) is 8.48. The molecule has 0 unspecified atom stereocenters. The maximum Gasteiger partial charge on any atom is 0.339 e. The molecule has 0 aliphatic heterocycles. The number of ether oxygens (including phenoxy) is 1. The molecule has 1 aromatic heterocycles. The molecule has 3 heteroatoms. The smallest absolute Gasteiger partial charge is 0.339 e. The molecule has 0 amide bonds. The van der Waals surface area contributed by atoms with E-state index in [9.17, 15) is 4.79 Å². The van der Waals surface area contributed by atoms with Crippen molar-refractivity contribution in [3.8, 4) is 18.1 Å². The van der Waals surface area contributed by atoms with Gasteiger partial charge in [0.1, 0.15) is 11.3 Å². The molecule has 0 saturated carbocycles. The Labute approximate surface area is 99.0 Å². The van der Waals surface area contributed by atoms with Gasteiger partial charge < -0.3 is 9.15 Å². The van der Waals surface area contributed by atoms with Gasteiger partial charge in [-0.25, -0.2) is 4.79 Å². The Morgan fingerprint density at radius 1 is 1.35 bits per heavy atom. The topological polar surface area (TPSA) is 39.4 Å². The molecule has 0 aliphatic rings. The van der Waals surface area contributed by atoms with Crippen molar-refractivity contribution in [2.45, 2.75) is 19.4 Å². The molecule has 0 bridgehead atoms. The third-order valence-corrected chi connectivity index (χ3v) is 2.32. The van der Waals surface area contributed by atoms with Gasteiger partial charge in [0.05, 0.1) is 11.5 Å². The van der Waals surface area contributed by atoms with Crippen molar-refractivity contribution < 1.29 is 9.15 Å². The van der Waals surface area contributed by atoms with Gasteiger partial charge in [-0.05, 0) is 26.0 Å². The molecule has 0 spiro atoms. The summed E-state index contributed by atoms with van der Waals surface area (Å²) in [6.45, 7) is 3.52. The minimum absolute atomic E-state index is 0.444. The molecular weight excluding hydrogens is 216 g/mol. The largest absolute Gasteiger partial charge is 0.474 e. The normalized spacial score (nSPS) is 11.1. The van der Waals surface area contributed by atoms with Crippen LogP contribution >= 0.6 is 0 Å². The Kier molecular flexibility index (Phi) is 2.64. The molecule has 0 fully saturated rings. The summed E-state index contributed by atoms with van der Waals surface area (Å²) in [5.41, 5.74) is -0.731. The van der Waals surface area contributed by atoms with Crippen LogP contribution in [0.3, 0.4) is 0 Å². The van der Waals surface area contributed by atoms with Crippen molar-refractivity contribution in [3.05, 3.63) is 40.8 Å². The summed E-state index contributed by atoms with van der Waals surface area (Å²) in [4.78, 5) is 11.4. The van der Waals surface area contributed by atoms with Crippen molar-refractivity contribution in [2.75, 3.05) is 0 Å². The number of fused-ring (bicyclic) bond motifs is 1.